The fourth-order valence-electron chi connectivity index (χ4n) is 2.67. The van der Waals surface area contributed by atoms with Crippen LogP contribution in [0.2, 0.25) is 0 Å². The number of benzene rings is 1. The van der Waals surface area contributed by atoms with Crippen molar-refractivity contribution in [3.8, 4) is 11.3 Å². The lowest BCUT2D eigenvalue weighted by Gasteiger charge is -2.04. The van der Waals surface area contributed by atoms with Gasteiger partial charge in [0.2, 0.25) is 0 Å². The van der Waals surface area contributed by atoms with Gasteiger partial charge < -0.3 is 9.73 Å². The summed E-state index contributed by atoms with van der Waals surface area (Å²) in [4.78, 5) is 0. The van der Waals surface area contributed by atoms with E-state index in [1.54, 1.807) is 0 Å². The zero-order valence-electron chi connectivity index (χ0n) is 14.7. The minimum Gasteiger partial charge on any atom is -0.460 e. The van der Waals surface area contributed by atoms with Gasteiger partial charge in [0.25, 0.3) is 0 Å². The summed E-state index contributed by atoms with van der Waals surface area (Å²) in [5.41, 5.74) is 2.36. The molecule has 24 heavy (non-hydrogen) atoms. The van der Waals surface area contributed by atoms with Crippen LogP contribution in [0.4, 0.5) is 0 Å². The summed E-state index contributed by atoms with van der Waals surface area (Å²) in [7, 11) is 0. The van der Waals surface area contributed by atoms with Crippen molar-refractivity contribution in [1.82, 2.24) is 5.32 Å². The predicted molar refractivity (Wildman–Crippen MR) is 109 cm³/mol. The van der Waals surface area contributed by atoms with Gasteiger partial charge in [0.05, 0.1) is 6.54 Å². The van der Waals surface area contributed by atoms with Crippen LogP contribution in [-0.2, 0) is 6.54 Å². The van der Waals surface area contributed by atoms with E-state index in [1.807, 2.05) is 0 Å². The quantitative estimate of drug-likeness (QED) is 0.428. The Morgan fingerprint density at radius 1 is 1.00 bits per heavy atom. The molecule has 1 aromatic heterocycles. The normalized spacial score (nSPS) is 10.6. The summed E-state index contributed by atoms with van der Waals surface area (Å²) in [6.45, 7) is 6.23. The second-order valence-electron chi connectivity index (χ2n) is 6.17. The maximum Gasteiger partial charge on any atom is 0.134 e. The molecule has 0 unspecified atom stereocenters. The summed E-state index contributed by atoms with van der Waals surface area (Å²) in [5, 5.41) is 3.48. The average Bonchev–Trinajstić information content (AvgIpc) is 3.01. The molecule has 2 nitrogen and oxygen atoms in total. The van der Waals surface area contributed by atoms with Gasteiger partial charge in [-0.3, -0.25) is 0 Å². The Morgan fingerprint density at radius 3 is 2.50 bits per heavy atom. The zero-order chi connectivity index (χ0) is 16.5. The first-order valence-corrected chi connectivity index (χ1v) is 9.56. The molecule has 0 radical (unpaired) electrons. The lowest BCUT2D eigenvalue weighted by molar-refractivity contribution is 0.485. The fourth-order valence-corrected chi connectivity index (χ4v) is 2.91. The van der Waals surface area contributed by atoms with Crippen LogP contribution in [0.1, 0.15) is 56.8 Å². The first kappa shape index (κ1) is 21.3. The van der Waals surface area contributed by atoms with Crippen LogP contribution >= 0.6 is 28.3 Å². The molecule has 0 bridgehead atoms. The third kappa shape index (κ3) is 7.00. The summed E-state index contributed by atoms with van der Waals surface area (Å²) in [5.74, 6) is 1.95. The van der Waals surface area contributed by atoms with Crippen LogP contribution in [0, 0.1) is 6.92 Å². The lowest BCUT2D eigenvalue weighted by Crippen LogP contribution is -2.14. The number of halogens is 2. The van der Waals surface area contributed by atoms with Gasteiger partial charge in [0.15, 0.2) is 0 Å². The van der Waals surface area contributed by atoms with Crippen molar-refractivity contribution in [1.29, 1.82) is 0 Å². The van der Waals surface area contributed by atoms with Gasteiger partial charge in [-0.1, -0.05) is 61.0 Å². The van der Waals surface area contributed by atoms with E-state index < -0.39 is 0 Å². The van der Waals surface area contributed by atoms with E-state index in [2.05, 4.69) is 65.4 Å². The van der Waals surface area contributed by atoms with Crippen molar-refractivity contribution in [2.45, 2.75) is 58.9 Å². The van der Waals surface area contributed by atoms with Crippen molar-refractivity contribution in [3.63, 3.8) is 0 Å². The molecule has 4 heteroatoms. The Morgan fingerprint density at radius 2 is 1.75 bits per heavy atom. The minimum atomic E-state index is 0. The predicted octanol–water partition coefficient (Wildman–Crippen LogP) is 6.89. The molecule has 0 aliphatic rings. The molecule has 0 aliphatic heterocycles. The number of rotatable bonds is 10. The van der Waals surface area contributed by atoms with Crippen LogP contribution < -0.4 is 5.32 Å². The molecule has 0 saturated heterocycles. The van der Waals surface area contributed by atoms with Crippen molar-refractivity contribution in [2.24, 2.45) is 0 Å². The van der Waals surface area contributed by atoms with Crippen LogP contribution in [-0.4, -0.2) is 6.54 Å². The van der Waals surface area contributed by atoms with Gasteiger partial charge in [0.1, 0.15) is 11.5 Å². The van der Waals surface area contributed by atoms with Crippen molar-refractivity contribution < 1.29 is 4.42 Å². The third-order valence-electron chi connectivity index (χ3n) is 4.11. The minimum absolute atomic E-state index is 0. The van der Waals surface area contributed by atoms with Crippen LogP contribution in [0.5, 0.6) is 0 Å². The molecule has 0 spiro atoms. The molecule has 2 aromatic rings. The SMILES string of the molecule is CCCCCCCCNCc1ccc(-c2ccc(Br)c(C)c2)o1.Cl. The Labute approximate surface area is 161 Å². The molecule has 0 aliphatic carbocycles. The van der Waals surface area contributed by atoms with Crippen molar-refractivity contribution >= 4 is 28.3 Å². The van der Waals surface area contributed by atoms with Crippen LogP contribution in [0.25, 0.3) is 11.3 Å². The second kappa shape index (κ2) is 11.7. The maximum atomic E-state index is 5.95. The Balaban J connectivity index is 0.00000288. The largest absolute Gasteiger partial charge is 0.460 e. The monoisotopic (exact) mass is 413 g/mol. The molecule has 0 amide bonds. The van der Waals surface area contributed by atoms with E-state index in [-0.39, 0.29) is 12.4 Å². The smallest absolute Gasteiger partial charge is 0.134 e. The van der Waals surface area contributed by atoms with Crippen molar-refractivity contribution in [2.75, 3.05) is 6.54 Å². The topological polar surface area (TPSA) is 25.2 Å². The first-order valence-electron chi connectivity index (χ1n) is 8.76. The molecule has 134 valence electrons. The molecule has 0 atom stereocenters. The molecule has 1 N–H and O–H groups in total. The van der Waals surface area contributed by atoms with E-state index in [9.17, 15) is 0 Å². The van der Waals surface area contributed by atoms with E-state index >= 15 is 0 Å². The molecule has 0 fully saturated rings. The highest BCUT2D eigenvalue weighted by molar-refractivity contribution is 9.10. The highest BCUT2D eigenvalue weighted by atomic mass is 79.9. The van der Waals surface area contributed by atoms with E-state index in [4.69, 9.17) is 4.42 Å². The van der Waals surface area contributed by atoms with E-state index in [1.165, 1.54) is 44.1 Å². The molecule has 1 heterocycles. The average molecular weight is 415 g/mol. The number of unbranched alkanes of at least 4 members (excludes halogenated alkanes) is 5. The standard InChI is InChI=1S/C20H28BrNO.ClH/c1-3-4-5-6-7-8-13-22-15-18-10-12-20(23-18)17-9-11-19(21)16(2)14-17;/h9-12,14,22H,3-8,13,15H2,1-2H3;1H. The Hall–Kier alpha value is -0.770. The van der Waals surface area contributed by atoms with Gasteiger partial charge in [-0.2, -0.15) is 0 Å². The summed E-state index contributed by atoms with van der Waals surface area (Å²) in [6.07, 6.45) is 8.01. The summed E-state index contributed by atoms with van der Waals surface area (Å²) < 4.78 is 7.08. The Bertz CT molecular complexity index is 597. The molecular formula is C20H29BrClNO. The second-order valence-corrected chi connectivity index (χ2v) is 7.03. The first-order chi connectivity index (χ1) is 11.2. The molecule has 2 rings (SSSR count). The summed E-state index contributed by atoms with van der Waals surface area (Å²) >= 11 is 3.54. The van der Waals surface area contributed by atoms with E-state index in [0.29, 0.717) is 0 Å². The molecule has 0 saturated carbocycles. The zero-order valence-corrected chi connectivity index (χ0v) is 17.1. The van der Waals surface area contributed by atoms with Crippen molar-refractivity contribution in [3.05, 3.63) is 46.1 Å². The fraction of sp³-hybridized carbons (Fsp3) is 0.500. The van der Waals surface area contributed by atoms with Gasteiger partial charge in [-0.05, 0) is 49.7 Å². The molecular weight excluding hydrogens is 386 g/mol. The number of hydrogen-bond acceptors (Lipinski definition) is 2. The van der Waals surface area contributed by atoms with Crippen LogP contribution in [0.3, 0.4) is 0 Å². The highest BCUT2D eigenvalue weighted by Gasteiger charge is 2.06. The number of hydrogen-bond donors (Lipinski definition) is 1. The number of furan rings is 1. The van der Waals surface area contributed by atoms with Gasteiger partial charge in [0, 0.05) is 10.0 Å². The molecule has 1 aromatic carbocycles. The maximum absolute atomic E-state index is 5.95. The van der Waals surface area contributed by atoms with Gasteiger partial charge in [-0.15, -0.1) is 12.4 Å². The highest BCUT2D eigenvalue weighted by Crippen LogP contribution is 2.26. The number of aryl methyl sites for hydroxylation is 1. The lowest BCUT2D eigenvalue weighted by atomic mass is 10.1. The van der Waals surface area contributed by atoms with Crippen LogP contribution in [0.15, 0.2) is 39.2 Å². The van der Waals surface area contributed by atoms with Gasteiger partial charge in [-0.25, -0.2) is 0 Å². The third-order valence-corrected chi connectivity index (χ3v) is 5.00. The Kier molecular flexibility index (Phi) is 10.4. The van der Waals surface area contributed by atoms with Gasteiger partial charge >= 0.3 is 0 Å². The van der Waals surface area contributed by atoms with E-state index in [0.717, 1.165) is 34.6 Å². The number of nitrogens with one attached hydrogen (secondary N) is 1. The summed E-state index contributed by atoms with van der Waals surface area (Å²) in [6, 6.07) is 10.4.